The molecule has 1 saturated carbocycles. The van der Waals surface area contributed by atoms with Crippen molar-refractivity contribution in [2.45, 2.75) is 38.3 Å². The average molecular weight is 269 g/mol. The van der Waals surface area contributed by atoms with Gasteiger partial charge in [-0.2, -0.15) is 0 Å². The standard InChI is InChI=1S/C15H19N5/c1-2-6-12(5-1)20-15-9-14(18-11-19-15)17-10-13-7-3-4-8-16-13/h3-4,7-9,11-12H,1-2,5-6,10H2,(H2,17,18,19,20). The summed E-state index contributed by atoms with van der Waals surface area (Å²) in [6, 6.07) is 8.41. The third-order valence-electron chi connectivity index (χ3n) is 3.55. The van der Waals surface area contributed by atoms with E-state index >= 15 is 0 Å². The molecule has 104 valence electrons. The monoisotopic (exact) mass is 269 g/mol. The van der Waals surface area contributed by atoms with Crippen LogP contribution in [0, 0.1) is 0 Å². The van der Waals surface area contributed by atoms with Crippen LogP contribution in [-0.4, -0.2) is 21.0 Å². The maximum absolute atomic E-state index is 4.28. The third kappa shape index (κ3) is 3.44. The minimum absolute atomic E-state index is 0.563. The molecule has 2 aromatic rings. The number of rotatable bonds is 5. The van der Waals surface area contributed by atoms with E-state index in [4.69, 9.17) is 0 Å². The molecular formula is C15H19N5. The Morgan fingerprint density at radius 3 is 2.70 bits per heavy atom. The summed E-state index contributed by atoms with van der Waals surface area (Å²) in [6.07, 6.45) is 8.49. The highest BCUT2D eigenvalue weighted by Gasteiger charge is 2.14. The molecule has 0 radical (unpaired) electrons. The van der Waals surface area contributed by atoms with Crippen molar-refractivity contribution < 1.29 is 0 Å². The van der Waals surface area contributed by atoms with Crippen LogP contribution >= 0.6 is 0 Å². The Balaban J connectivity index is 1.59. The van der Waals surface area contributed by atoms with Crippen LogP contribution in [0.15, 0.2) is 36.8 Å². The van der Waals surface area contributed by atoms with Crippen LogP contribution in [0.4, 0.5) is 11.6 Å². The molecular weight excluding hydrogens is 250 g/mol. The lowest BCUT2D eigenvalue weighted by atomic mass is 10.2. The van der Waals surface area contributed by atoms with E-state index in [0.29, 0.717) is 12.6 Å². The van der Waals surface area contributed by atoms with Gasteiger partial charge in [0.1, 0.15) is 18.0 Å². The molecule has 5 nitrogen and oxygen atoms in total. The Kier molecular flexibility index (Phi) is 4.06. The number of nitrogens with one attached hydrogen (secondary N) is 2. The molecule has 0 aliphatic heterocycles. The quantitative estimate of drug-likeness (QED) is 0.874. The molecule has 0 saturated heterocycles. The molecule has 0 atom stereocenters. The normalized spacial score (nSPS) is 15.2. The van der Waals surface area contributed by atoms with Gasteiger partial charge in [-0.05, 0) is 25.0 Å². The van der Waals surface area contributed by atoms with E-state index in [9.17, 15) is 0 Å². The topological polar surface area (TPSA) is 62.7 Å². The molecule has 0 unspecified atom stereocenters. The molecule has 1 fully saturated rings. The Morgan fingerprint density at radius 2 is 1.90 bits per heavy atom. The fourth-order valence-electron chi connectivity index (χ4n) is 2.50. The highest BCUT2D eigenvalue weighted by atomic mass is 15.1. The van der Waals surface area contributed by atoms with Crippen molar-refractivity contribution in [1.82, 2.24) is 15.0 Å². The van der Waals surface area contributed by atoms with Crippen LogP contribution < -0.4 is 10.6 Å². The lowest BCUT2D eigenvalue weighted by Gasteiger charge is -2.13. The van der Waals surface area contributed by atoms with E-state index in [1.54, 1.807) is 12.5 Å². The zero-order valence-electron chi connectivity index (χ0n) is 11.4. The van der Waals surface area contributed by atoms with Gasteiger partial charge in [-0.3, -0.25) is 4.98 Å². The van der Waals surface area contributed by atoms with E-state index in [-0.39, 0.29) is 0 Å². The smallest absolute Gasteiger partial charge is 0.131 e. The van der Waals surface area contributed by atoms with Crippen molar-refractivity contribution in [2.75, 3.05) is 10.6 Å². The summed E-state index contributed by atoms with van der Waals surface area (Å²) in [4.78, 5) is 12.8. The van der Waals surface area contributed by atoms with Crippen LogP contribution in [0.1, 0.15) is 31.4 Å². The van der Waals surface area contributed by atoms with Gasteiger partial charge in [0.2, 0.25) is 0 Å². The molecule has 2 aromatic heterocycles. The SMILES string of the molecule is c1ccc(CNc2cc(NC3CCCC3)ncn2)nc1. The zero-order chi connectivity index (χ0) is 13.6. The van der Waals surface area contributed by atoms with Gasteiger partial charge in [0, 0.05) is 18.3 Å². The van der Waals surface area contributed by atoms with Gasteiger partial charge >= 0.3 is 0 Å². The molecule has 5 heteroatoms. The molecule has 0 amide bonds. The summed E-state index contributed by atoms with van der Waals surface area (Å²) in [5, 5.41) is 6.75. The summed E-state index contributed by atoms with van der Waals surface area (Å²) in [7, 11) is 0. The highest BCUT2D eigenvalue weighted by Crippen LogP contribution is 2.21. The second-order valence-corrected chi connectivity index (χ2v) is 5.09. The molecule has 2 heterocycles. The average Bonchev–Trinajstić information content (AvgIpc) is 3.00. The maximum atomic E-state index is 4.28. The lowest BCUT2D eigenvalue weighted by Crippen LogP contribution is -2.15. The highest BCUT2D eigenvalue weighted by molar-refractivity contribution is 5.47. The van der Waals surface area contributed by atoms with Crippen LogP contribution in [0.25, 0.3) is 0 Å². The maximum Gasteiger partial charge on any atom is 0.131 e. The number of nitrogens with zero attached hydrogens (tertiary/aromatic N) is 3. The first-order valence-electron chi connectivity index (χ1n) is 7.12. The van der Waals surface area contributed by atoms with Crippen molar-refractivity contribution in [1.29, 1.82) is 0 Å². The van der Waals surface area contributed by atoms with Crippen molar-refractivity contribution in [3.05, 3.63) is 42.5 Å². The van der Waals surface area contributed by atoms with E-state index < -0.39 is 0 Å². The van der Waals surface area contributed by atoms with Crippen molar-refractivity contribution in [3.8, 4) is 0 Å². The Hall–Kier alpha value is -2.17. The first-order valence-corrected chi connectivity index (χ1v) is 7.12. The second kappa shape index (κ2) is 6.32. The van der Waals surface area contributed by atoms with Crippen LogP contribution in [0.3, 0.4) is 0 Å². The largest absolute Gasteiger partial charge is 0.367 e. The number of anilines is 2. The van der Waals surface area contributed by atoms with Crippen LogP contribution in [-0.2, 0) is 6.54 Å². The zero-order valence-corrected chi connectivity index (χ0v) is 11.4. The predicted octanol–water partition coefficient (Wildman–Crippen LogP) is 2.84. The number of aromatic nitrogens is 3. The van der Waals surface area contributed by atoms with Crippen molar-refractivity contribution in [2.24, 2.45) is 0 Å². The lowest BCUT2D eigenvalue weighted by molar-refractivity contribution is 0.750. The Labute approximate surface area is 118 Å². The van der Waals surface area contributed by atoms with E-state index in [2.05, 4.69) is 25.6 Å². The van der Waals surface area contributed by atoms with Gasteiger partial charge in [0.15, 0.2) is 0 Å². The molecule has 0 bridgehead atoms. The minimum atomic E-state index is 0.563. The summed E-state index contributed by atoms with van der Waals surface area (Å²) in [5.74, 6) is 1.72. The Bertz CT molecular complexity index is 537. The van der Waals surface area contributed by atoms with E-state index in [1.165, 1.54) is 25.7 Å². The number of pyridine rings is 1. The van der Waals surface area contributed by atoms with Crippen molar-refractivity contribution >= 4 is 11.6 Å². The molecule has 3 rings (SSSR count). The Morgan fingerprint density at radius 1 is 1.05 bits per heavy atom. The fraction of sp³-hybridized carbons (Fsp3) is 0.400. The first-order chi connectivity index (χ1) is 9.90. The summed E-state index contributed by atoms with van der Waals surface area (Å²) < 4.78 is 0. The van der Waals surface area contributed by atoms with Crippen LogP contribution in [0.5, 0.6) is 0 Å². The predicted molar refractivity (Wildman–Crippen MR) is 79.5 cm³/mol. The van der Waals surface area contributed by atoms with Gasteiger partial charge in [0.05, 0.1) is 12.2 Å². The van der Waals surface area contributed by atoms with Gasteiger partial charge in [-0.15, -0.1) is 0 Å². The van der Waals surface area contributed by atoms with E-state index in [1.807, 2.05) is 24.3 Å². The molecule has 1 aliphatic carbocycles. The van der Waals surface area contributed by atoms with Gasteiger partial charge < -0.3 is 10.6 Å². The molecule has 1 aliphatic rings. The summed E-state index contributed by atoms with van der Waals surface area (Å²) >= 11 is 0. The molecule has 2 N–H and O–H groups in total. The van der Waals surface area contributed by atoms with Crippen LogP contribution in [0.2, 0.25) is 0 Å². The van der Waals surface area contributed by atoms with Gasteiger partial charge in [-0.1, -0.05) is 18.9 Å². The summed E-state index contributed by atoms with van der Waals surface area (Å²) in [6.45, 7) is 0.667. The van der Waals surface area contributed by atoms with Gasteiger partial charge in [-0.25, -0.2) is 9.97 Å². The van der Waals surface area contributed by atoms with Gasteiger partial charge in [0.25, 0.3) is 0 Å². The van der Waals surface area contributed by atoms with Crippen molar-refractivity contribution in [3.63, 3.8) is 0 Å². The first kappa shape index (κ1) is 12.8. The molecule has 20 heavy (non-hydrogen) atoms. The third-order valence-corrected chi connectivity index (χ3v) is 3.55. The summed E-state index contributed by atoms with van der Waals surface area (Å²) in [5.41, 5.74) is 0.997. The number of hydrogen-bond acceptors (Lipinski definition) is 5. The second-order valence-electron chi connectivity index (χ2n) is 5.09. The molecule has 0 aromatic carbocycles. The number of hydrogen-bond donors (Lipinski definition) is 2. The molecule has 0 spiro atoms. The minimum Gasteiger partial charge on any atom is -0.367 e. The van der Waals surface area contributed by atoms with E-state index in [0.717, 1.165) is 17.3 Å². The fourth-order valence-corrected chi connectivity index (χ4v) is 2.50.